The van der Waals surface area contributed by atoms with Crippen LogP contribution in [0.15, 0.2) is 16.7 Å². The van der Waals surface area contributed by atoms with E-state index < -0.39 is 0 Å². The second kappa shape index (κ2) is 7.04. The Morgan fingerprint density at radius 2 is 2.45 bits per heavy atom. The molecule has 1 aromatic heterocycles. The summed E-state index contributed by atoms with van der Waals surface area (Å²) >= 11 is 3.37. The van der Waals surface area contributed by atoms with Gasteiger partial charge in [0.25, 0.3) is 5.91 Å². The van der Waals surface area contributed by atoms with Crippen LogP contribution in [-0.4, -0.2) is 47.1 Å². The standard InChI is InChI=1S/C14H20BrN3O2/c1-16-13-12(8-10(15)9-17-13)14(20)18-6-2-4-11(18)5-3-7-19/h8-9,11,19H,2-7H2,1H3,(H,16,17). The summed E-state index contributed by atoms with van der Waals surface area (Å²) in [6, 6.07) is 2.04. The molecule has 2 N–H and O–H groups in total. The molecule has 20 heavy (non-hydrogen) atoms. The SMILES string of the molecule is CNc1ncc(Br)cc1C(=O)N1CCCC1CCCO. The Balaban J connectivity index is 2.19. The molecule has 5 nitrogen and oxygen atoms in total. The number of nitrogens with zero attached hydrogens (tertiary/aromatic N) is 2. The molecular weight excluding hydrogens is 322 g/mol. The van der Waals surface area contributed by atoms with Crippen molar-refractivity contribution in [3.05, 3.63) is 22.3 Å². The largest absolute Gasteiger partial charge is 0.396 e. The van der Waals surface area contributed by atoms with Crippen molar-refractivity contribution in [1.29, 1.82) is 0 Å². The molecule has 0 saturated carbocycles. The quantitative estimate of drug-likeness (QED) is 0.862. The Kier molecular flexibility index (Phi) is 5.37. The second-order valence-corrected chi connectivity index (χ2v) is 5.88. The minimum atomic E-state index is 0.0172. The highest BCUT2D eigenvalue weighted by atomic mass is 79.9. The third kappa shape index (κ3) is 3.30. The van der Waals surface area contributed by atoms with Gasteiger partial charge in [0, 0.05) is 36.9 Å². The van der Waals surface area contributed by atoms with Gasteiger partial charge in [0.05, 0.1) is 5.56 Å². The van der Waals surface area contributed by atoms with Gasteiger partial charge in [-0.05, 0) is 47.7 Å². The van der Waals surface area contributed by atoms with Gasteiger partial charge in [-0.3, -0.25) is 4.79 Å². The fourth-order valence-corrected chi connectivity index (χ4v) is 3.02. The molecule has 2 heterocycles. The van der Waals surface area contributed by atoms with Crippen LogP contribution in [0, 0.1) is 0 Å². The van der Waals surface area contributed by atoms with E-state index in [1.807, 2.05) is 11.0 Å². The fourth-order valence-electron chi connectivity index (χ4n) is 2.69. The molecule has 1 amide bonds. The summed E-state index contributed by atoms with van der Waals surface area (Å²) in [5, 5.41) is 11.9. The molecule has 0 aromatic carbocycles. The van der Waals surface area contributed by atoms with Gasteiger partial charge < -0.3 is 15.3 Å². The number of anilines is 1. The number of pyridine rings is 1. The van der Waals surface area contributed by atoms with E-state index in [2.05, 4.69) is 26.2 Å². The van der Waals surface area contributed by atoms with Crippen LogP contribution >= 0.6 is 15.9 Å². The first-order valence-corrected chi connectivity index (χ1v) is 7.71. The lowest BCUT2D eigenvalue weighted by molar-refractivity contribution is 0.0725. The summed E-state index contributed by atoms with van der Waals surface area (Å²) in [5.41, 5.74) is 0.595. The number of hydrogen-bond donors (Lipinski definition) is 2. The van der Waals surface area contributed by atoms with Crippen LogP contribution in [0.5, 0.6) is 0 Å². The third-order valence-corrected chi connectivity index (χ3v) is 4.09. The highest BCUT2D eigenvalue weighted by Gasteiger charge is 2.30. The van der Waals surface area contributed by atoms with E-state index in [0.29, 0.717) is 11.4 Å². The lowest BCUT2D eigenvalue weighted by Crippen LogP contribution is -2.36. The molecule has 0 radical (unpaired) electrons. The molecule has 0 spiro atoms. The van der Waals surface area contributed by atoms with Crippen LogP contribution in [-0.2, 0) is 0 Å². The average Bonchev–Trinajstić information content (AvgIpc) is 2.92. The zero-order valence-corrected chi connectivity index (χ0v) is 13.2. The number of carbonyl (C=O) groups is 1. The third-order valence-electron chi connectivity index (χ3n) is 3.65. The fraction of sp³-hybridized carbons (Fsp3) is 0.571. The lowest BCUT2D eigenvalue weighted by atomic mass is 10.1. The van der Waals surface area contributed by atoms with Gasteiger partial charge in [0.1, 0.15) is 5.82 Å². The van der Waals surface area contributed by atoms with Gasteiger partial charge in [0.15, 0.2) is 0 Å². The van der Waals surface area contributed by atoms with Crippen molar-refractivity contribution in [3.8, 4) is 0 Å². The van der Waals surface area contributed by atoms with Crippen LogP contribution in [0.3, 0.4) is 0 Å². The van der Waals surface area contributed by atoms with Crippen molar-refractivity contribution >= 4 is 27.7 Å². The van der Waals surface area contributed by atoms with E-state index in [4.69, 9.17) is 5.11 Å². The van der Waals surface area contributed by atoms with Crippen molar-refractivity contribution in [3.63, 3.8) is 0 Å². The van der Waals surface area contributed by atoms with Crippen molar-refractivity contribution in [2.75, 3.05) is 25.5 Å². The maximum absolute atomic E-state index is 12.7. The first-order valence-electron chi connectivity index (χ1n) is 6.92. The number of halogens is 1. The lowest BCUT2D eigenvalue weighted by Gasteiger charge is -2.25. The van der Waals surface area contributed by atoms with E-state index in [0.717, 1.165) is 36.7 Å². The van der Waals surface area contributed by atoms with E-state index in [9.17, 15) is 4.79 Å². The molecule has 6 heteroatoms. The molecule has 1 aliphatic heterocycles. The number of aromatic nitrogens is 1. The second-order valence-electron chi connectivity index (χ2n) is 4.96. The van der Waals surface area contributed by atoms with Crippen LogP contribution in [0.1, 0.15) is 36.0 Å². The smallest absolute Gasteiger partial charge is 0.257 e. The molecule has 0 aliphatic carbocycles. The summed E-state index contributed by atoms with van der Waals surface area (Å²) in [7, 11) is 1.76. The van der Waals surface area contributed by atoms with Gasteiger partial charge in [-0.25, -0.2) is 4.98 Å². The van der Waals surface area contributed by atoms with E-state index in [1.54, 1.807) is 13.2 Å². The highest BCUT2D eigenvalue weighted by molar-refractivity contribution is 9.10. The number of aliphatic hydroxyl groups excluding tert-OH is 1. The molecule has 0 bridgehead atoms. The minimum Gasteiger partial charge on any atom is -0.396 e. The van der Waals surface area contributed by atoms with Crippen LogP contribution < -0.4 is 5.32 Å². The van der Waals surface area contributed by atoms with Crippen LogP contribution in [0.2, 0.25) is 0 Å². The summed E-state index contributed by atoms with van der Waals surface area (Å²) in [5.74, 6) is 0.620. The topological polar surface area (TPSA) is 65.5 Å². The summed E-state index contributed by atoms with van der Waals surface area (Å²) in [4.78, 5) is 18.9. The first kappa shape index (κ1) is 15.3. The van der Waals surface area contributed by atoms with Crippen molar-refractivity contribution < 1.29 is 9.90 Å². The van der Waals surface area contributed by atoms with Gasteiger partial charge in [-0.2, -0.15) is 0 Å². The molecule has 1 atom stereocenters. The number of rotatable bonds is 5. The van der Waals surface area contributed by atoms with Crippen LogP contribution in [0.4, 0.5) is 5.82 Å². The maximum Gasteiger partial charge on any atom is 0.257 e. The van der Waals surface area contributed by atoms with Gasteiger partial charge in [-0.1, -0.05) is 0 Å². The highest BCUT2D eigenvalue weighted by Crippen LogP contribution is 2.26. The Labute approximate surface area is 127 Å². The number of aliphatic hydroxyl groups is 1. The molecule has 1 saturated heterocycles. The molecule has 1 aliphatic rings. The first-order chi connectivity index (χ1) is 9.67. The predicted molar refractivity (Wildman–Crippen MR) is 81.9 cm³/mol. The normalized spacial score (nSPS) is 18.4. The van der Waals surface area contributed by atoms with E-state index in [1.165, 1.54) is 0 Å². The number of carbonyl (C=O) groups excluding carboxylic acids is 1. The van der Waals surface area contributed by atoms with E-state index >= 15 is 0 Å². The molecule has 110 valence electrons. The van der Waals surface area contributed by atoms with Crippen molar-refractivity contribution in [2.45, 2.75) is 31.7 Å². The van der Waals surface area contributed by atoms with Gasteiger partial charge in [0.2, 0.25) is 0 Å². The molecular formula is C14H20BrN3O2. The Morgan fingerprint density at radius 1 is 1.65 bits per heavy atom. The molecule has 1 fully saturated rings. The Morgan fingerprint density at radius 3 is 3.15 bits per heavy atom. The number of likely N-dealkylation sites (tertiary alicyclic amines) is 1. The zero-order chi connectivity index (χ0) is 14.5. The Hall–Kier alpha value is -1.14. The van der Waals surface area contributed by atoms with Gasteiger partial charge >= 0.3 is 0 Å². The van der Waals surface area contributed by atoms with Crippen molar-refractivity contribution in [1.82, 2.24) is 9.88 Å². The summed E-state index contributed by atoms with van der Waals surface area (Å²) < 4.78 is 0.797. The summed E-state index contributed by atoms with van der Waals surface area (Å²) in [6.45, 7) is 0.962. The number of amides is 1. The molecule has 2 rings (SSSR count). The van der Waals surface area contributed by atoms with Crippen LogP contribution in [0.25, 0.3) is 0 Å². The summed E-state index contributed by atoms with van der Waals surface area (Å²) in [6.07, 6.45) is 5.32. The zero-order valence-electron chi connectivity index (χ0n) is 11.6. The number of hydrogen-bond acceptors (Lipinski definition) is 4. The van der Waals surface area contributed by atoms with Crippen molar-refractivity contribution in [2.24, 2.45) is 0 Å². The van der Waals surface area contributed by atoms with Gasteiger partial charge in [-0.15, -0.1) is 0 Å². The predicted octanol–water partition coefficient (Wildman–Crippen LogP) is 2.26. The monoisotopic (exact) mass is 341 g/mol. The Bertz CT molecular complexity index is 481. The van der Waals surface area contributed by atoms with E-state index in [-0.39, 0.29) is 18.6 Å². The minimum absolute atomic E-state index is 0.0172. The molecule has 1 unspecified atom stereocenters. The number of nitrogens with one attached hydrogen (secondary N) is 1. The molecule has 1 aromatic rings. The average molecular weight is 342 g/mol. The maximum atomic E-state index is 12.7.